The van der Waals surface area contributed by atoms with Crippen molar-refractivity contribution in [2.24, 2.45) is 5.73 Å². The molecule has 0 saturated carbocycles. The molecule has 0 radical (unpaired) electrons. The number of amides is 2. The van der Waals surface area contributed by atoms with Gasteiger partial charge in [-0.25, -0.2) is 0 Å². The number of carbonyl (C=O) groups is 2. The third-order valence-corrected chi connectivity index (χ3v) is 4.91. The van der Waals surface area contributed by atoms with E-state index in [0.717, 1.165) is 16.0 Å². The number of aromatic nitrogens is 1. The Labute approximate surface area is 138 Å². The Hall–Kier alpha value is -2.34. The minimum absolute atomic E-state index is 0.0786. The van der Waals surface area contributed by atoms with E-state index in [0.29, 0.717) is 13.0 Å². The Kier molecular flexibility index (Phi) is 4.62. The molecule has 1 atom stereocenters. The van der Waals surface area contributed by atoms with Gasteiger partial charge in [-0.2, -0.15) is 0 Å². The average Bonchev–Trinajstić information content (AvgIpc) is 2.59. The Morgan fingerprint density at radius 1 is 1.17 bits per heavy atom. The fraction of sp³-hybridized carbons (Fsp3) is 0.235. The van der Waals surface area contributed by atoms with E-state index in [-0.39, 0.29) is 11.7 Å². The molecular formula is C17H17N3O2S. The smallest absolute Gasteiger partial charge is 0.240 e. The molecule has 23 heavy (non-hydrogen) atoms. The first kappa shape index (κ1) is 15.6. The van der Waals surface area contributed by atoms with Gasteiger partial charge in [-0.15, -0.1) is 11.8 Å². The fourth-order valence-electron chi connectivity index (χ4n) is 2.70. The number of hydrogen-bond donors (Lipinski definition) is 1. The van der Waals surface area contributed by atoms with Gasteiger partial charge in [0.2, 0.25) is 11.8 Å². The van der Waals surface area contributed by atoms with Crippen molar-refractivity contribution in [2.45, 2.75) is 23.9 Å². The van der Waals surface area contributed by atoms with E-state index in [1.165, 1.54) is 11.8 Å². The number of nitrogens with zero attached hydrogens (tertiary/aromatic N) is 2. The molecule has 0 fully saturated rings. The number of pyridine rings is 1. The second-order valence-electron chi connectivity index (χ2n) is 5.38. The summed E-state index contributed by atoms with van der Waals surface area (Å²) in [5.74, 6) is -0.262. The van der Waals surface area contributed by atoms with Gasteiger partial charge in [-0.05, 0) is 23.3 Å². The summed E-state index contributed by atoms with van der Waals surface area (Å²) in [5.41, 5.74) is 7.67. The molecule has 0 saturated heterocycles. The lowest BCUT2D eigenvalue weighted by Crippen LogP contribution is -2.51. The van der Waals surface area contributed by atoms with Gasteiger partial charge in [0.1, 0.15) is 6.04 Å². The van der Waals surface area contributed by atoms with Crippen molar-refractivity contribution >= 4 is 23.6 Å². The van der Waals surface area contributed by atoms with Crippen LogP contribution >= 0.6 is 11.8 Å². The molecule has 118 valence electrons. The van der Waals surface area contributed by atoms with Gasteiger partial charge in [-0.3, -0.25) is 14.6 Å². The molecule has 3 rings (SSSR count). The number of thioether (sulfide) groups is 1. The molecule has 2 heterocycles. The van der Waals surface area contributed by atoms with Crippen LogP contribution in [-0.4, -0.2) is 33.5 Å². The van der Waals surface area contributed by atoms with E-state index in [1.807, 2.05) is 36.4 Å². The second kappa shape index (κ2) is 6.83. The van der Waals surface area contributed by atoms with Crippen molar-refractivity contribution < 1.29 is 9.59 Å². The maximum absolute atomic E-state index is 12.6. The summed E-state index contributed by atoms with van der Waals surface area (Å²) in [7, 11) is 0. The standard InChI is InChI=1S/C17H17N3O2S/c18-17(22)15-9-12-3-1-2-4-13(12)10-20(15)16(21)11-23-14-5-7-19-8-6-14/h1-8,15H,9-11H2,(H2,18,22)/t15-/m1/s1. The summed E-state index contributed by atoms with van der Waals surface area (Å²) in [4.78, 5) is 30.9. The molecule has 0 unspecified atom stereocenters. The van der Waals surface area contributed by atoms with Crippen LogP contribution in [0, 0.1) is 0 Å². The summed E-state index contributed by atoms with van der Waals surface area (Å²) in [6.07, 6.45) is 3.86. The molecule has 1 aliphatic heterocycles. The predicted molar refractivity (Wildman–Crippen MR) is 88.6 cm³/mol. The zero-order valence-electron chi connectivity index (χ0n) is 12.5. The van der Waals surface area contributed by atoms with E-state index in [1.54, 1.807) is 17.3 Å². The Bertz CT molecular complexity index is 721. The molecule has 2 amide bonds. The molecule has 1 aromatic heterocycles. The Morgan fingerprint density at radius 2 is 1.87 bits per heavy atom. The molecule has 0 bridgehead atoms. The van der Waals surface area contributed by atoms with Crippen molar-refractivity contribution in [3.8, 4) is 0 Å². The summed E-state index contributed by atoms with van der Waals surface area (Å²) in [5, 5.41) is 0. The first-order valence-electron chi connectivity index (χ1n) is 7.33. The number of benzene rings is 1. The summed E-state index contributed by atoms with van der Waals surface area (Å²) < 4.78 is 0. The molecule has 1 aromatic carbocycles. The van der Waals surface area contributed by atoms with E-state index >= 15 is 0 Å². The zero-order valence-corrected chi connectivity index (χ0v) is 13.3. The summed E-state index contributed by atoms with van der Waals surface area (Å²) in [6.45, 7) is 0.430. The topological polar surface area (TPSA) is 76.3 Å². The maximum atomic E-state index is 12.6. The third kappa shape index (κ3) is 3.53. The van der Waals surface area contributed by atoms with Crippen LogP contribution in [0.4, 0.5) is 0 Å². The van der Waals surface area contributed by atoms with Crippen molar-refractivity contribution in [1.82, 2.24) is 9.88 Å². The van der Waals surface area contributed by atoms with E-state index in [4.69, 9.17) is 5.73 Å². The average molecular weight is 327 g/mol. The minimum atomic E-state index is -0.574. The van der Waals surface area contributed by atoms with Crippen molar-refractivity contribution in [2.75, 3.05) is 5.75 Å². The number of fused-ring (bicyclic) bond motifs is 1. The monoisotopic (exact) mass is 327 g/mol. The molecule has 0 spiro atoms. The zero-order chi connectivity index (χ0) is 16.2. The lowest BCUT2D eigenvalue weighted by atomic mass is 9.93. The first-order valence-corrected chi connectivity index (χ1v) is 8.32. The lowest BCUT2D eigenvalue weighted by Gasteiger charge is -2.35. The van der Waals surface area contributed by atoms with Gasteiger partial charge in [-0.1, -0.05) is 24.3 Å². The lowest BCUT2D eigenvalue weighted by molar-refractivity contribution is -0.138. The maximum Gasteiger partial charge on any atom is 0.240 e. The second-order valence-corrected chi connectivity index (χ2v) is 6.43. The normalized spacial score (nSPS) is 16.7. The largest absolute Gasteiger partial charge is 0.368 e. The van der Waals surface area contributed by atoms with Crippen LogP contribution < -0.4 is 5.73 Å². The fourth-order valence-corrected chi connectivity index (χ4v) is 3.47. The minimum Gasteiger partial charge on any atom is -0.368 e. The molecule has 6 heteroatoms. The quantitative estimate of drug-likeness (QED) is 0.866. The number of primary amides is 1. The van der Waals surface area contributed by atoms with Crippen LogP contribution in [0.15, 0.2) is 53.7 Å². The van der Waals surface area contributed by atoms with Gasteiger partial charge >= 0.3 is 0 Å². The van der Waals surface area contributed by atoms with Crippen LogP contribution in [-0.2, 0) is 22.6 Å². The first-order chi connectivity index (χ1) is 11.1. The number of nitrogens with two attached hydrogens (primary N) is 1. The van der Waals surface area contributed by atoms with Crippen LogP contribution in [0.1, 0.15) is 11.1 Å². The molecule has 1 aliphatic rings. The Morgan fingerprint density at radius 3 is 2.57 bits per heavy atom. The van der Waals surface area contributed by atoms with Gasteiger partial charge in [0.25, 0.3) is 0 Å². The van der Waals surface area contributed by atoms with Gasteiger partial charge in [0.15, 0.2) is 0 Å². The van der Waals surface area contributed by atoms with Crippen LogP contribution in [0.3, 0.4) is 0 Å². The van der Waals surface area contributed by atoms with Gasteiger partial charge < -0.3 is 10.6 Å². The van der Waals surface area contributed by atoms with Gasteiger partial charge in [0, 0.05) is 30.3 Å². The molecular weight excluding hydrogens is 310 g/mol. The van der Waals surface area contributed by atoms with Crippen molar-refractivity contribution in [3.63, 3.8) is 0 Å². The number of rotatable bonds is 4. The van der Waals surface area contributed by atoms with Crippen LogP contribution in [0.2, 0.25) is 0 Å². The molecule has 5 nitrogen and oxygen atoms in total. The summed E-state index contributed by atoms with van der Waals surface area (Å²) >= 11 is 1.43. The highest BCUT2D eigenvalue weighted by atomic mass is 32.2. The number of hydrogen-bond acceptors (Lipinski definition) is 4. The van der Waals surface area contributed by atoms with Crippen LogP contribution in [0.5, 0.6) is 0 Å². The Balaban J connectivity index is 1.74. The van der Waals surface area contributed by atoms with Crippen molar-refractivity contribution in [1.29, 1.82) is 0 Å². The van der Waals surface area contributed by atoms with Crippen LogP contribution in [0.25, 0.3) is 0 Å². The highest BCUT2D eigenvalue weighted by Crippen LogP contribution is 2.25. The van der Waals surface area contributed by atoms with Crippen molar-refractivity contribution in [3.05, 3.63) is 59.9 Å². The highest BCUT2D eigenvalue weighted by molar-refractivity contribution is 8.00. The van der Waals surface area contributed by atoms with E-state index in [9.17, 15) is 9.59 Å². The molecule has 2 aromatic rings. The predicted octanol–water partition coefficient (Wildman–Crippen LogP) is 1.61. The third-order valence-electron chi connectivity index (χ3n) is 3.91. The SMILES string of the molecule is NC(=O)[C@H]1Cc2ccccc2CN1C(=O)CSc1ccncc1. The van der Waals surface area contributed by atoms with E-state index < -0.39 is 11.9 Å². The molecule has 2 N–H and O–H groups in total. The molecule has 0 aliphatic carbocycles. The van der Waals surface area contributed by atoms with Gasteiger partial charge in [0.05, 0.1) is 5.75 Å². The van der Waals surface area contributed by atoms with E-state index in [2.05, 4.69) is 4.98 Å². The highest BCUT2D eigenvalue weighted by Gasteiger charge is 2.32. The summed E-state index contributed by atoms with van der Waals surface area (Å²) in [6, 6.07) is 11.0. The number of carbonyl (C=O) groups excluding carboxylic acids is 2.